The molecule has 0 aliphatic rings. The molecular weight excluding hydrogens is 228 g/mol. The van der Waals surface area contributed by atoms with Crippen LogP contribution in [0, 0.1) is 0 Å². The Hall–Kier alpha value is -2.56. The van der Waals surface area contributed by atoms with E-state index >= 15 is 0 Å². The Morgan fingerprint density at radius 3 is 2.89 bits per heavy atom. The number of fused-ring (bicyclic) bond motifs is 1. The van der Waals surface area contributed by atoms with Crippen molar-refractivity contribution in [1.29, 1.82) is 0 Å². The second-order valence-corrected chi connectivity index (χ2v) is 4.05. The van der Waals surface area contributed by atoms with Crippen LogP contribution in [0.2, 0.25) is 0 Å². The van der Waals surface area contributed by atoms with E-state index in [0.29, 0.717) is 11.6 Å². The normalized spacial score (nSPS) is 10.7. The van der Waals surface area contributed by atoms with Gasteiger partial charge >= 0.3 is 0 Å². The van der Waals surface area contributed by atoms with Crippen LogP contribution in [0.1, 0.15) is 0 Å². The molecule has 0 atom stereocenters. The van der Waals surface area contributed by atoms with E-state index in [4.69, 9.17) is 10.5 Å². The van der Waals surface area contributed by atoms with E-state index in [2.05, 4.69) is 10.1 Å². The molecule has 0 aliphatic heterocycles. The van der Waals surface area contributed by atoms with E-state index in [9.17, 15) is 0 Å². The predicted molar refractivity (Wildman–Crippen MR) is 69.4 cm³/mol. The van der Waals surface area contributed by atoms with Gasteiger partial charge in [0.15, 0.2) is 5.75 Å². The van der Waals surface area contributed by atoms with Gasteiger partial charge in [0.25, 0.3) is 0 Å². The number of rotatable bonds is 2. The first-order valence-electron chi connectivity index (χ1n) is 5.53. The zero-order valence-electron chi connectivity index (χ0n) is 9.87. The van der Waals surface area contributed by atoms with E-state index in [0.717, 1.165) is 16.6 Å². The number of benzene rings is 1. The van der Waals surface area contributed by atoms with Crippen molar-refractivity contribution in [2.75, 3.05) is 5.73 Å². The van der Waals surface area contributed by atoms with Crippen molar-refractivity contribution >= 4 is 16.6 Å². The first-order chi connectivity index (χ1) is 8.70. The van der Waals surface area contributed by atoms with Crippen LogP contribution in [0.25, 0.3) is 10.9 Å². The van der Waals surface area contributed by atoms with Crippen molar-refractivity contribution in [2.24, 2.45) is 7.05 Å². The summed E-state index contributed by atoms with van der Waals surface area (Å²) < 4.78 is 7.29. The molecule has 0 aliphatic carbocycles. The standard InChI is InChI=1S/C13H12N4O/c1-17-8-11(7-15-17)18-13-5-2-9-6-10(14)3-4-12(9)16-13/h2-8H,14H2,1H3. The molecule has 2 aromatic heterocycles. The third-order valence-electron chi connectivity index (χ3n) is 2.59. The van der Waals surface area contributed by atoms with Crippen molar-refractivity contribution in [3.8, 4) is 11.6 Å². The zero-order valence-corrected chi connectivity index (χ0v) is 9.87. The van der Waals surface area contributed by atoms with E-state index < -0.39 is 0 Å². The molecule has 18 heavy (non-hydrogen) atoms. The highest BCUT2D eigenvalue weighted by Gasteiger charge is 2.03. The Morgan fingerprint density at radius 1 is 1.22 bits per heavy atom. The summed E-state index contributed by atoms with van der Waals surface area (Å²) in [6.45, 7) is 0. The van der Waals surface area contributed by atoms with Gasteiger partial charge in [0, 0.05) is 24.2 Å². The number of pyridine rings is 1. The number of nitrogens with zero attached hydrogens (tertiary/aromatic N) is 3. The lowest BCUT2D eigenvalue weighted by atomic mass is 10.2. The summed E-state index contributed by atoms with van der Waals surface area (Å²) in [5.41, 5.74) is 7.30. The molecule has 1 aromatic carbocycles. The predicted octanol–water partition coefficient (Wildman–Crippen LogP) is 2.34. The molecule has 3 rings (SSSR count). The number of hydrogen-bond donors (Lipinski definition) is 1. The summed E-state index contributed by atoms with van der Waals surface area (Å²) in [6.07, 6.45) is 3.43. The molecule has 3 aromatic rings. The first kappa shape index (κ1) is 10.6. The summed E-state index contributed by atoms with van der Waals surface area (Å²) in [4.78, 5) is 4.41. The minimum atomic E-state index is 0.542. The third kappa shape index (κ3) is 1.98. The summed E-state index contributed by atoms with van der Waals surface area (Å²) in [7, 11) is 1.84. The minimum Gasteiger partial charge on any atom is -0.436 e. The van der Waals surface area contributed by atoms with E-state index in [-0.39, 0.29) is 0 Å². The van der Waals surface area contributed by atoms with E-state index in [1.54, 1.807) is 17.1 Å². The largest absolute Gasteiger partial charge is 0.436 e. The second kappa shape index (κ2) is 4.03. The molecule has 0 saturated heterocycles. The molecule has 2 heterocycles. The average molecular weight is 240 g/mol. The third-order valence-corrected chi connectivity index (χ3v) is 2.59. The lowest BCUT2D eigenvalue weighted by molar-refractivity contribution is 0.464. The molecule has 0 saturated carbocycles. The van der Waals surface area contributed by atoms with E-state index in [1.165, 1.54) is 0 Å². The average Bonchev–Trinajstić information content (AvgIpc) is 2.75. The Bertz CT molecular complexity index is 705. The highest BCUT2D eigenvalue weighted by Crippen LogP contribution is 2.22. The van der Waals surface area contributed by atoms with Crippen LogP contribution in [0.4, 0.5) is 5.69 Å². The molecule has 0 spiro atoms. The molecule has 0 bridgehead atoms. The van der Waals surface area contributed by atoms with Gasteiger partial charge in [-0.3, -0.25) is 4.68 Å². The topological polar surface area (TPSA) is 66.0 Å². The Balaban J connectivity index is 1.96. The number of aryl methyl sites for hydroxylation is 1. The lowest BCUT2D eigenvalue weighted by Crippen LogP contribution is -1.89. The van der Waals surface area contributed by atoms with Crippen LogP contribution in [-0.2, 0) is 7.05 Å². The van der Waals surface area contributed by atoms with Gasteiger partial charge in [-0.05, 0) is 24.3 Å². The van der Waals surface area contributed by atoms with Crippen LogP contribution < -0.4 is 10.5 Å². The van der Waals surface area contributed by atoms with Crippen LogP contribution in [0.5, 0.6) is 11.6 Å². The molecule has 0 radical (unpaired) electrons. The minimum absolute atomic E-state index is 0.542. The SMILES string of the molecule is Cn1cc(Oc2ccc3cc(N)ccc3n2)cn1. The molecule has 2 N–H and O–H groups in total. The van der Waals surface area contributed by atoms with Gasteiger partial charge in [0.1, 0.15) is 0 Å². The highest BCUT2D eigenvalue weighted by atomic mass is 16.5. The number of nitrogens with two attached hydrogens (primary N) is 1. The second-order valence-electron chi connectivity index (χ2n) is 4.05. The van der Waals surface area contributed by atoms with Crippen LogP contribution >= 0.6 is 0 Å². The number of hydrogen-bond acceptors (Lipinski definition) is 4. The fourth-order valence-corrected chi connectivity index (χ4v) is 1.75. The van der Waals surface area contributed by atoms with E-state index in [1.807, 2.05) is 37.4 Å². The molecule has 90 valence electrons. The quantitative estimate of drug-likeness (QED) is 0.698. The molecule has 5 nitrogen and oxygen atoms in total. The molecule has 0 unspecified atom stereocenters. The highest BCUT2D eigenvalue weighted by molar-refractivity contribution is 5.82. The van der Waals surface area contributed by atoms with Crippen molar-refractivity contribution in [3.63, 3.8) is 0 Å². The monoisotopic (exact) mass is 240 g/mol. The number of nitrogen functional groups attached to an aromatic ring is 1. The smallest absolute Gasteiger partial charge is 0.219 e. The van der Waals surface area contributed by atoms with Gasteiger partial charge in [0.2, 0.25) is 5.88 Å². The Morgan fingerprint density at radius 2 is 2.11 bits per heavy atom. The lowest BCUT2D eigenvalue weighted by Gasteiger charge is -2.03. The molecular formula is C13H12N4O. The van der Waals surface area contributed by atoms with Gasteiger partial charge < -0.3 is 10.5 Å². The van der Waals surface area contributed by atoms with Crippen molar-refractivity contribution < 1.29 is 4.74 Å². The number of aromatic nitrogens is 3. The van der Waals surface area contributed by atoms with Crippen LogP contribution in [0.3, 0.4) is 0 Å². The Labute approximate surface area is 104 Å². The summed E-state index contributed by atoms with van der Waals surface area (Å²) >= 11 is 0. The zero-order chi connectivity index (χ0) is 12.5. The van der Waals surface area contributed by atoms with Crippen molar-refractivity contribution in [3.05, 3.63) is 42.7 Å². The summed E-state index contributed by atoms with van der Waals surface area (Å²) in [6, 6.07) is 9.33. The van der Waals surface area contributed by atoms with Crippen LogP contribution in [-0.4, -0.2) is 14.8 Å². The number of anilines is 1. The molecule has 0 amide bonds. The molecule has 0 fully saturated rings. The fraction of sp³-hybridized carbons (Fsp3) is 0.0769. The van der Waals surface area contributed by atoms with Gasteiger partial charge in [-0.1, -0.05) is 0 Å². The fourth-order valence-electron chi connectivity index (χ4n) is 1.75. The number of ether oxygens (including phenoxy) is 1. The van der Waals surface area contributed by atoms with Crippen molar-refractivity contribution in [2.45, 2.75) is 0 Å². The maximum Gasteiger partial charge on any atom is 0.219 e. The maximum absolute atomic E-state index is 5.72. The van der Waals surface area contributed by atoms with Gasteiger partial charge in [-0.25, -0.2) is 4.98 Å². The summed E-state index contributed by atoms with van der Waals surface area (Å²) in [5, 5.41) is 5.03. The van der Waals surface area contributed by atoms with Gasteiger partial charge in [-0.15, -0.1) is 0 Å². The Kier molecular flexibility index (Phi) is 2.37. The summed E-state index contributed by atoms with van der Waals surface area (Å²) in [5.74, 6) is 1.21. The van der Waals surface area contributed by atoms with Crippen molar-refractivity contribution in [1.82, 2.24) is 14.8 Å². The molecule has 5 heteroatoms. The van der Waals surface area contributed by atoms with Gasteiger partial charge in [-0.2, -0.15) is 5.10 Å². The van der Waals surface area contributed by atoms with Gasteiger partial charge in [0.05, 0.1) is 17.9 Å². The van der Waals surface area contributed by atoms with Crippen LogP contribution in [0.15, 0.2) is 42.7 Å². The maximum atomic E-state index is 5.72. The first-order valence-corrected chi connectivity index (χ1v) is 5.53.